The number of thiocarbonyl (C=S) groups is 1. The Balaban J connectivity index is 1.62. The van der Waals surface area contributed by atoms with Crippen LogP contribution < -0.4 is 10.9 Å². The van der Waals surface area contributed by atoms with Crippen LogP contribution in [0.3, 0.4) is 0 Å². The monoisotopic (exact) mass is 558 g/mol. The van der Waals surface area contributed by atoms with Crippen molar-refractivity contribution in [2.75, 3.05) is 18.4 Å². The number of anilines is 1. The molecule has 0 saturated carbocycles. The number of aromatic nitrogens is 2. The van der Waals surface area contributed by atoms with E-state index in [0.717, 1.165) is 56.9 Å². The maximum atomic E-state index is 13.4. The summed E-state index contributed by atoms with van der Waals surface area (Å²) in [5, 5.41) is 12.0. The minimum Gasteiger partial charge on any atom is -0.481 e. The Kier molecular flexibility index (Phi) is 11.3. The Morgan fingerprint density at radius 3 is 2.42 bits per heavy atom. The number of hydrogen-bond acceptors (Lipinski definition) is 7. The molecule has 0 aromatic carbocycles. The number of amides is 1. The van der Waals surface area contributed by atoms with Crippen molar-refractivity contribution >= 4 is 57.7 Å². The van der Waals surface area contributed by atoms with Gasteiger partial charge in [-0.25, -0.2) is 4.98 Å². The van der Waals surface area contributed by atoms with Gasteiger partial charge in [-0.15, -0.1) is 0 Å². The maximum Gasteiger partial charge on any atom is 0.303 e. The van der Waals surface area contributed by atoms with E-state index in [1.807, 2.05) is 19.1 Å². The van der Waals surface area contributed by atoms with Gasteiger partial charge in [-0.3, -0.25) is 23.7 Å². The zero-order valence-electron chi connectivity index (χ0n) is 22.5. The molecule has 10 heteroatoms. The molecular formula is C28H38N4O4S2. The molecule has 1 amide bonds. The van der Waals surface area contributed by atoms with Crippen molar-refractivity contribution in [1.29, 1.82) is 0 Å². The number of thioether (sulfide) groups is 1. The van der Waals surface area contributed by atoms with Crippen LogP contribution in [0.1, 0.15) is 82.8 Å². The quantitative estimate of drug-likeness (QED) is 0.159. The summed E-state index contributed by atoms with van der Waals surface area (Å²) in [6.45, 7) is 7.30. The van der Waals surface area contributed by atoms with E-state index in [1.165, 1.54) is 16.2 Å². The summed E-state index contributed by atoms with van der Waals surface area (Å²) >= 11 is 6.74. The van der Waals surface area contributed by atoms with E-state index in [0.29, 0.717) is 45.3 Å². The molecule has 3 heterocycles. The summed E-state index contributed by atoms with van der Waals surface area (Å²) < 4.78 is 2.04. The van der Waals surface area contributed by atoms with Crippen LogP contribution in [0.5, 0.6) is 0 Å². The van der Waals surface area contributed by atoms with Gasteiger partial charge in [0, 0.05) is 25.7 Å². The lowest BCUT2D eigenvalue weighted by atomic mass is 10.1. The lowest BCUT2D eigenvalue weighted by Gasteiger charge is -2.14. The second-order valence-electron chi connectivity index (χ2n) is 10.2. The summed E-state index contributed by atoms with van der Waals surface area (Å²) in [4.78, 5) is 43.9. The number of aryl methyl sites for hydroxylation is 1. The largest absolute Gasteiger partial charge is 0.481 e. The molecule has 2 N–H and O–H groups in total. The van der Waals surface area contributed by atoms with Crippen LogP contribution >= 0.6 is 24.0 Å². The maximum absolute atomic E-state index is 13.4. The summed E-state index contributed by atoms with van der Waals surface area (Å²) in [5.74, 6) is -0.0610. The van der Waals surface area contributed by atoms with E-state index in [-0.39, 0.29) is 17.9 Å². The number of nitrogens with one attached hydrogen (secondary N) is 1. The molecule has 1 fully saturated rings. The second-order valence-corrected chi connectivity index (χ2v) is 11.9. The van der Waals surface area contributed by atoms with Crippen LogP contribution in [0, 0.1) is 12.8 Å². The minimum atomic E-state index is -0.727. The molecule has 0 aliphatic carbocycles. The van der Waals surface area contributed by atoms with Crippen LogP contribution in [0.2, 0.25) is 0 Å². The topological polar surface area (TPSA) is 104 Å². The number of pyridine rings is 1. The molecule has 0 bridgehead atoms. The normalized spacial score (nSPS) is 14.8. The van der Waals surface area contributed by atoms with Gasteiger partial charge in [0.2, 0.25) is 0 Å². The van der Waals surface area contributed by atoms with Crippen molar-refractivity contribution in [1.82, 2.24) is 14.3 Å². The highest BCUT2D eigenvalue weighted by atomic mass is 32.2. The second kappa shape index (κ2) is 14.4. The molecule has 8 nitrogen and oxygen atoms in total. The molecular weight excluding hydrogens is 520 g/mol. The summed E-state index contributed by atoms with van der Waals surface area (Å²) in [7, 11) is 0. The number of carboxylic acids is 1. The van der Waals surface area contributed by atoms with E-state index in [9.17, 15) is 14.4 Å². The van der Waals surface area contributed by atoms with E-state index >= 15 is 0 Å². The smallest absolute Gasteiger partial charge is 0.303 e. The van der Waals surface area contributed by atoms with E-state index in [4.69, 9.17) is 17.3 Å². The van der Waals surface area contributed by atoms with Crippen LogP contribution in [-0.4, -0.2) is 48.7 Å². The average Bonchev–Trinajstić information content (AvgIpc) is 3.13. The standard InChI is InChI=1S/C28H38N4O4S2/c1-19(2)17-29-25-21(26(35)32-18-20(3)13-14-23(32)30-25)16-22-27(36)31(28(37)38-22)15-11-9-7-5-4-6-8-10-12-24(33)34/h13-14,16,18-19,29H,4-12,15,17H2,1-3H3,(H,33,34)/b22-16-. The van der Waals surface area contributed by atoms with Gasteiger partial charge < -0.3 is 10.4 Å². The highest BCUT2D eigenvalue weighted by Crippen LogP contribution is 2.33. The summed E-state index contributed by atoms with van der Waals surface area (Å²) in [5.41, 5.74) is 1.63. The van der Waals surface area contributed by atoms with Crippen molar-refractivity contribution in [2.24, 2.45) is 5.92 Å². The molecule has 1 saturated heterocycles. The number of hydrogen-bond donors (Lipinski definition) is 2. The van der Waals surface area contributed by atoms with Gasteiger partial charge >= 0.3 is 5.97 Å². The molecule has 1 aliphatic rings. The minimum absolute atomic E-state index is 0.165. The van der Waals surface area contributed by atoms with Crippen molar-refractivity contribution in [3.63, 3.8) is 0 Å². The number of rotatable bonds is 15. The molecule has 0 unspecified atom stereocenters. The Hall–Kier alpha value is -2.72. The molecule has 0 radical (unpaired) electrons. The Morgan fingerprint density at radius 2 is 1.76 bits per heavy atom. The van der Waals surface area contributed by atoms with Gasteiger partial charge in [0.15, 0.2) is 0 Å². The first-order valence-electron chi connectivity index (χ1n) is 13.4. The Labute approximate surface area is 233 Å². The number of carbonyl (C=O) groups excluding carboxylic acids is 1. The Bertz CT molecular complexity index is 1260. The third-order valence-corrected chi connectivity index (χ3v) is 7.73. The van der Waals surface area contributed by atoms with Crippen molar-refractivity contribution in [3.8, 4) is 0 Å². The van der Waals surface area contributed by atoms with Gasteiger partial charge in [-0.2, -0.15) is 0 Å². The molecule has 1 aliphatic heterocycles. The fourth-order valence-electron chi connectivity index (χ4n) is 4.26. The molecule has 0 spiro atoms. The lowest BCUT2D eigenvalue weighted by Crippen LogP contribution is -2.29. The predicted octanol–water partition coefficient (Wildman–Crippen LogP) is 5.87. The van der Waals surface area contributed by atoms with Gasteiger partial charge in [-0.1, -0.05) is 82.4 Å². The third kappa shape index (κ3) is 8.39. The van der Waals surface area contributed by atoms with Gasteiger partial charge in [0.05, 0.1) is 10.5 Å². The van der Waals surface area contributed by atoms with Crippen LogP contribution in [0.25, 0.3) is 11.7 Å². The number of carboxylic acid groups (broad SMARTS) is 1. The fourth-order valence-corrected chi connectivity index (χ4v) is 5.55. The van der Waals surface area contributed by atoms with Gasteiger partial charge in [-0.05, 0) is 43.4 Å². The first kappa shape index (κ1) is 29.8. The van der Waals surface area contributed by atoms with Crippen molar-refractivity contribution in [3.05, 3.63) is 44.7 Å². The van der Waals surface area contributed by atoms with Crippen molar-refractivity contribution in [2.45, 2.75) is 78.6 Å². The first-order valence-corrected chi connectivity index (χ1v) is 14.6. The van der Waals surface area contributed by atoms with E-state index in [2.05, 4.69) is 24.1 Å². The van der Waals surface area contributed by atoms with Crippen LogP contribution in [-0.2, 0) is 9.59 Å². The molecule has 38 heavy (non-hydrogen) atoms. The van der Waals surface area contributed by atoms with E-state index < -0.39 is 5.97 Å². The zero-order chi connectivity index (χ0) is 27.7. The van der Waals surface area contributed by atoms with Gasteiger partial charge in [0.25, 0.3) is 11.5 Å². The SMILES string of the molecule is Cc1ccc2nc(NCC(C)C)c(/C=C3\SC(=S)N(CCCCCCCCCCC(=O)O)C3=O)c(=O)n2c1. The van der Waals surface area contributed by atoms with Crippen LogP contribution in [0.4, 0.5) is 5.82 Å². The predicted molar refractivity (Wildman–Crippen MR) is 159 cm³/mol. The summed E-state index contributed by atoms with van der Waals surface area (Å²) in [6.07, 6.45) is 11.6. The molecule has 3 rings (SSSR count). The Morgan fingerprint density at radius 1 is 1.11 bits per heavy atom. The van der Waals surface area contributed by atoms with Crippen molar-refractivity contribution < 1.29 is 14.7 Å². The lowest BCUT2D eigenvalue weighted by molar-refractivity contribution is -0.137. The first-order chi connectivity index (χ1) is 18.2. The van der Waals surface area contributed by atoms with Gasteiger partial charge in [0.1, 0.15) is 15.8 Å². The molecule has 2 aromatic heterocycles. The summed E-state index contributed by atoms with van der Waals surface area (Å²) in [6, 6.07) is 3.74. The number of fused-ring (bicyclic) bond motifs is 1. The highest BCUT2D eigenvalue weighted by Gasteiger charge is 2.32. The highest BCUT2D eigenvalue weighted by molar-refractivity contribution is 8.26. The zero-order valence-corrected chi connectivity index (χ0v) is 24.1. The average molecular weight is 559 g/mol. The third-order valence-electron chi connectivity index (χ3n) is 6.35. The number of nitrogens with zero attached hydrogens (tertiary/aromatic N) is 3. The molecule has 0 atom stereocenters. The molecule has 206 valence electrons. The van der Waals surface area contributed by atoms with Crippen LogP contribution in [0.15, 0.2) is 28.0 Å². The molecule has 2 aromatic rings. The number of aliphatic carboxylic acids is 1. The van der Waals surface area contributed by atoms with E-state index in [1.54, 1.807) is 17.2 Å². The number of carbonyl (C=O) groups is 2. The fraction of sp³-hybridized carbons (Fsp3) is 0.536. The number of unbranched alkanes of at least 4 members (excludes halogenated alkanes) is 7.